The molecule has 1 unspecified atom stereocenters. The van der Waals surface area contributed by atoms with E-state index in [4.69, 9.17) is 23.2 Å². The van der Waals surface area contributed by atoms with Gasteiger partial charge in [0.05, 0.1) is 16.6 Å². The van der Waals surface area contributed by atoms with Gasteiger partial charge in [-0.3, -0.25) is 9.69 Å². The third kappa shape index (κ3) is 4.85. The molecule has 21 heavy (non-hydrogen) atoms. The molecule has 1 aliphatic heterocycles. The van der Waals surface area contributed by atoms with Crippen molar-refractivity contribution in [2.75, 3.05) is 31.5 Å². The number of hydrogen-bond donors (Lipinski definition) is 2. The van der Waals surface area contributed by atoms with E-state index in [1.807, 2.05) is 0 Å². The summed E-state index contributed by atoms with van der Waals surface area (Å²) >= 11 is 11.8. The largest absolute Gasteiger partial charge is 0.325 e. The number of nitrogens with zero attached hydrogens (tertiary/aromatic N) is 1. The van der Waals surface area contributed by atoms with Gasteiger partial charge in [-0.15, -0.1) is 0 Å². The van der Waals surface area contributed by atoms with Crippen LogP contribution in [0.1, 0.15) is 19.8 Å². The molecule has 0 aliphatic carbocycles. The zero-order valence-electron chi connectivity index (χ0n) is 12.2. The first-order chi connectivity index (χ1) is 10.1. The minimum atomic E-state index is -0.0197. The molecule has 1 amide bonds. The van der Waals surface area contributed by atoms with Crippen LogP contribution < -0.4 is 10.6 Å². The highest BCUT2D eigenvalue weighted by atomic mass is 35.5. The van der Waals surface area contributed by atoms with E-state index in [0.717, 1.165) is 32.5 Å². The molecule has 1 aliphatic rings. The SMILES string of the molecule is CCCN(CC(=O)Nc1ccc(Cl)c(Cl)c1)C1CCNC1. The molecule has 1 atom stereocenters. The van der Waals surface area contributed by atoms with Gasteiger partial charge in [-0.25, -0.2) is 0 Å². The molecule has 6 heteroatoms. The second-order valence-corrected chi connectivity index (χ2v) is 6.11. The molecule has 2 rings (SSSR count). The summed E-state index contributed by atoms with van der Waals surface area (Å²) in [4.78, 5) is 14.4. The molecule has 0 spiro atoms. The quantitative estimate of drug-likeness (QED) is 0.843. The molecular weight excluding hydrogens is 309 g/mol. The van der Waals surface area contributed by atoms with E-state index in [0.29, 0.717) is 28.3 Å². The molecule has 0 saturated carbocycles. The summed E-state index contributed by atoms with van der Waals surface area (Å²) in [5, 5.41) is 7.15. The fraction of sp³-hybridized carbons (Fsp3) is 0.533. The summed E-state index contributed by atoms with van der Waals surface area (Å²) in [6, 6.07) is 5.56. The van der Waals surface area contributed by atoms with Gasteiger partial charge in [0.25, 0.3) is 0 Å². The summed E-state index contributed by atoms with van der Waals surface area (Å²) < 4.78 is 0. The van der Waals surface area contributed by atoms with Crippen LogP contribution in [0.3, 0.4) is 0 Å². The van der Waals surface area contributed by atoms with E-state index in [1.54, 1.807) is 18.2 Å². The van der Waals surface area contributed by atoms with Crippen molar-refractivity contribution >= 4 is 34.8 Å². The third-order valence-corrected chi connectivity index (χ3v) is 4.35. The normalized spacial score (nSPS) is 18.2. The number of anilines is 1. The monoisotopic (exact) mass is 329 g/mol. The van der Waals surface area contributed by atoms with Crippen molar-refractivity contribution in [1.29, 1.82) is 0 Å². The number of nitrogens with one attached hydrogen (secondary N) is 2. The maximum Gasteiger partial charge on any atom is 0.238 e. The van der Waals surface area contributed by atoms with Crippen molar-refractivity contribution in [3.05, 3.63) is 28.2 Å². The van der Waals surface area contributed by atoms with Gasteiger partial charge in [-0.1, -0.05) is 30.1 Å². The number of halogens is 2. The molecule has 0 bridgehead atoms. The number of benzene rings is 1. The molecule has 0 radical (unpaired) electrons. The first-order valence-electron chi connectivity index (χ1n) is 7.30. The van der Waals surface area contributed by atoms with E-state index in [-0.39, 0.29) is 5.91 Å². The summed E-state index contributed by atoms with van der Waals surface area (Å²) in [7, 11) is 0. The average molecular weight is 330 g/mol. The van der Waals surface area contributed by atoms with E-state index in [1.165, 1.54) is 0 Å². The van der Waals surface area contributed by atoms with Gasteiger partial charge in [0.1, 0.15) is 0 Å². The van der Waals surface area contributed by atoms with Crippen molar-refractivity contribution in [3.63, 3.8) is 0 Å². The Labute approximate surface area is 135 Å². The fourth-order valence-electron chi connectivity index (χ4n) is 2.59. The van der Waals surface area contributed by atoms with Crippen LogP contribution in [0.4, 0.5) is 5.69 Å². The van der Waals surface area contributed by atoms with Crippen LogP contribution in [-0.2, 0) is 4.79 Å². The van der Waals surface area contributed by atoms with Crippen LogP contribution in [0, 0.1) is 0 Å². The Balaban J connectivity index is 1.93. The van der Waals surface area contributed by atoms with Crippen molar-refractivity contribution < 1.29 is 4.79 Å². The Bertz CT molecular complexity index is 490. The minimum absolute atomic E-state index is 0.0197. The highest BCUT2D eigenvalue weighted by Gasteiger charge is 2.23. The van der Waals surface area contributed by atoms with E-state index < -0.39 is 0 Å². The lowest BCUT2D eigenvalue weighted by molar-refractivity contribution is -0.117. The number of amides is 1. The zero-order chi connectivity index (χ0) is 15.2. The molecule has 4 nitrogen and oxygen atoms in total. The topological polar surface area (TPSA) is 44.4 Å². The van der Waals surface area contributed by atoms with E-state index >= 15 is 0 Å². The lowest BCUT2D eigenvalue weighted by atomic mass is 10.2. The van der Waals surface area contributed by atoms with Gasteiger partial charge >= 0.3 is 0 Å². The van der Waals surface area contributed by atoms with E-state index in [2.05, 4.69) is 22.5 Å². The minimum Gasteiger partial charge on any atom is -0.325 e. The van der Waals surface area contributed by atoms with Crippen LogP contribution >= 0.6 is 23.2 Å². The smallest absolute Gasteiger partial charge is 0.238 e. The van der Waals surface area contributed by atoms with Crippen LogP contribution in [0.25, 0.3) is 0 Å². The third-order valence-electron chi connectivity index (χ3n) is 3.61. The predicted octanol–water partition coefficient (Wildman–Crippen LogP) is 3.01. The van der Waals surface area contributed by atoms with Crippen LogP contribution in [0.15, 0.2) is 18.2 Å². The Morgan fingerprint density at radius 1 is 1.43 bits per heavy atom. The lowest BCUT2D eigenvalue weighted by Crippen LogP contribution is -2.42. The standard InChI is InChI=1S/C15H21Cl2N3O/c1-2-7-20(12-5-6-18-9-12)10-15(21)19-11-3-4-13(16)14(17)8-11/h3-4,8,12,18H,2,5-7,9-10H2,1H3,(H,19,21). The number of carbonyl (C=O) groups excluding carboxylic acids is 1. The number of carbonyl (C=O) groups is 1. The summed E-state index contributed by atoms with van der Waals surface area (Å²) in [5.74, 6) is -0.0197. The Kier molecular flexibility index (Phi) is 6.30. The number of rotatable bonds is 6. The van der Waals surface area contributed by atoms with Gasteiger partial charge in [-0.2, -0.15) is 0 Å². The Hall–Kier alpha value is -0.810. The number of hydrogen-bond acceptors (Lipinski definition) is 3. The van der Waals surface area contributed by atoms with Crippen molar-refractivity contribution in [2.24, 2.45) is 0 Å². The Morgan fingerprint density at radius 2 is 2.24 bits per heavy atom. The maximum absolute atomic E-state index is 12.2. The average Bonchev–Trinajstić information content (AvgIpc) is 2.96. The van der Waals surface area contributed by atoms with Crippen LogP contribution in [-0.4, -0.2) is 43.0 Å². The maximum atomic E-state index is 12.2. The molecule has 1 fully saturated rings. The molecule has 0 aromatic heterocycles. The van der Waals surface area contributed by atoms with Crippen molar-refractivity contribution in [3.8, 4) is 0 Å². The summed E-state index contributed by atoms with van der Waals surface area (Å²) in [6.45, 7) is 5.45. The first-order valence-corrected chi connectivity index (χ1v) is 8.05. The van der Waals surface area contributed by atoms with Crippen molar-refractivity contribution in [1.82, 2.24) is 10.2 Å². The molecule has 1 heterocycles. The second kappa shape index (κ2) is 7.99. The molecule has 116 valence electrons. The Morgan fingerprint density at radius 3 is 2.86 bits per heavy atom. The van der Waals surface area contributed by atoms with Gasteiger partial charge in [-0.05, 0) is 44.1 Å². The highest BCUT2D eigenvalue weighted by molar-refractivity contribution is 6.42. The molecule has 1 saturated heterocycles. The first kappa shape index (κ1) is 16.6. The second-order valence-electron chi connectivity index (χ2n) is 5.29. The van der Waals surface area contributed by atoms with Crippen LogP contribution in [0.5, 0.6) is 0 Å². The molecular formula is C15H21Cl2N3O. The summed E-state index contributed by atoms with van der Waals surface area (Å²) in [5.41, 5.74) is 0.676. The molecule has 1 aromatic rings. The van der Waals surface area contributed by atoms with Crippen LogP contribution in [0.2, 0.25) is 10.0 Å². The molecule has 2 N–H and O–H groups in total. The predicted molar refractivity (Wildman–Crippen MR) is 88.2 cm³/mol. The lowest BCUT2D eigenvalue weighted by Gasteiger charge is -2.27. The summed E-state index contributed by atoms with van der Waals surface area (Å²) in [6.07, 6.45) is 2.14. The molecule has 1 aromatic carbocycles. The van der Waals surface area contributed by atoms with Gasteiger partial charge in [0, 0.05) is 18.3 Å². The van der Waals surface area contributed by atoms with Gasteiger partial charge in [0.2, 0.25) is 5.91 Å². The van der Waals surface area contributed by atoms with Crippen molar-refractivity contribution in [2.45, 2.75) is 25.8 Å². The van der Waals surface area contributed by atoms with Gasteiger partial charge < -0.3 is 10.6 Å². The fourth-order valence-corrected chi connectivity index (χ4v) is 2.89. The van der Waals surface area contributed by atoms with E-state index in [9.17, 15) is 4.79 Å². The van der Waals surface area contributed by atoms with Gasteiger partial charge in [0.15, 0.2) is 0 Å². The zero-order valence-corrected chi connectivity index (χ0v) is 13.7. The highest BCUT2D eigenvalue weighted by Crippen LogP contribution is 2.25.